The zero-order valence-electron chi connectivity index (χ0n) is 16.8. The standard InChI is InChI=1S/C22H32N4O2/c27-21(23-13-12-17-9-3-1-4-10-17)20-24-19(18-11-5-8-16-26(18)20)22(28)25-14-6-2-7-15-25/h9H,1-8,10-16H2,(H,23,27). The largest absolute Gasteiger partial charge is 0.349 e. The summed E-state index contributed by atoms with van der Waals surface area (Å²) in [6.45, 7) is 3.04. The molecular formula is C22H32N4O2. The Bertz CT molecular complexity index is 759. The number of hydrogen-bond acceptors (Lipinski definition) is 3. The van der Waals surface area contributed by atoms with Crippen molar-refractivity contribution < 1.29 is 9.59 Å². The van der Waals surface area contributed by atoms with Gasteiger partial charge in [-0.2, -0.15) is 0 Å². The summed E-state index contributed by atoms with van der Waals surface area (Å²) >= 11 is 0. The fraction of sp³-hybridized carbons (Fsp3) is 0.682. The van der Waals surface area contributed by atoms with Crippen molar-refractivity contribution in [2.75, 3.05) is 19.6 Å². The Morgan fingerprint density at radius 1 is 0.964 bits per heavy atom. The van der Waals surface area contributed by atoms with E-state index in [4.69, 9.17) is 0 Å². The van der Waals surface area contributed by atoms with Gasteiger partial charge in [0.2, 0.25) is 0 Å². The minimum Gasteiger partial charge on any atom is -0.349 e. The van der Waals surface area contributed by atoms with Gasteiger partial charge in [-0.3, -0.25) is 9.59 Å². The normalized spacial score (nSPS) is 19.7. The highest BCUT2D eigenvalue weighted by Gasteiger charge is 2.30. The highest BCUT2D eigenvalue weighted by Crippen LogP contribution is 2.24. The number of aromatic nitrogens is 2. The van der Waals surface area contributed by atoms with Crippen LogP contribution in [0, 0.1) is 0 Å². The van der Waals surface area contributed by atoms with E-state index in [1.165, 1.54) is 31.3 Å². The first-order valence-corrected chi connectivity index (χ1v) is 11.1. The number of allylic oxidation sites excluding steroid dienone is 1. The molecule has 2 aliphatic heterocycles. The number of fused-ring (bicyclic) bond motifs is 1. The summed E-state index contributed by atoms with van der Waals surface area (Å²) in [5.74, 6) is 0.293. The highest BCUT2D eigenvalue weighted by atomic mass is 16.2. The number of carbonyl (C=O) groups excluding carboxylic acids is 2. The van der Waals surface area contributed by atoms with Gasteiger partial charge in [0.1, 0.15) is 5.69 Å². The molecule has 0 saturated carbocycles. The molecule has 1 aliphatic carbocycles. The molecule has 152 valence electrons. The van der Waals surface area contributed by atoms with Crippen molar-refractivity contribution in [3.63, 3.8) is 0 Å². The van der Waals surface area contributed by atoms with E-state index < -0.39 is 0 Å². The van der Waals surface area contributed by atoms with E-state index in [-0.39, 0.29) is 11.8 Å². The smallest absolute Gasteiger partial charge is 0.287 e. The van der Waals surface area contributed by atoms with Crippen molar-refractivity contribution in [2.45, 2.75) is 77.2 Å². The first-order chi connectivity index (χ1) is 13.7. The van der Waals surface area contributed by atoms with E-state index in [0.717, 1.165) is 70.3 Å². The van der Waals surface area contributed by atoms with Crippen molar-refractivity contribution in [2.24, 2.45) is 0 Å². The number of carbonyl (C=O) groups is 2. The molecule has 1 saturated heterocycles. The van der Waals surface area contributed by atoms with E-state index in [1.807, 2.05) is 9.47 Å². The Hall–Kier alpha value is -2.11. The first-order valence-electron chi connectivity index (χ1n) is 11.1. The second-order valence-electron chi connectivity index (χ2n) is 8.31. The molecule has 3 heterocycles. The third kappa shape index (κ3) is 4.15. The van der Waals surface area contributed by atoms with Crippen LogP contribution in [0.4, 0.5) is 0 Å². The maximum absolute atomic E-state index is 13.0. The third-order valence-corrected chi connectivity index (χ3v) is 6.28. The Kier molecular flexibility index (Phi) is 6.13. The zero-order chi connectivity index (χ0) is 19.3. The maximum atomic E-state index is 13.0. The topological polar surface area (TPSA) is 67.2 Å². The molecule has 1 N–H and O–H groups in total. The zero-order valence-corrected chi connectivity index (χ0v) is 16.8. The Morgan fingerprint density at radius 3 is 2.54 bits per heavy atom. The first kappa shape index (κ1) is 19.2. The summed E-state index contributed by atoms with van der Waals surface area (Å²) in [6, 6.07) is 0. The number of piperidine rings is 1. The molecule has 28 heavy (non-hydrogen) atoms. The second-order valence-corrected chi connectivity index (χ2v) is 8.31. The second kappa shape index (κ2) is 8.93. The summed E-state index contributed by atoms with van der Waals surface area (Å²) in [6.07, 6.45) is 14.3. The van der Waals surface area contributed by atoms with Crippen LogP contribution in [-0.2, 0) is 13.0 Å². The van der Waals surface area contributed by atoms with Gasteiger partial charge in [0.25, 0.3) is 11.8 Å². The summed E-state index contributed by atoms with van der Waals surface area (Å²) in [5.41, 5.74) is 2.93. The molecule has 0 aromatic carbocycles. The number of amides is 2. The number of nitrogens with one attached hydrogen (secondary N) is 1. The van der Waals surface area contributed by atoms with Gasteiger partial charge in [-0.05, 0) is 70.6 Å². The molecule has 1 fully saturated rings. The van der Waals surface area contributed by atoms with Crippen LogP contribution in [0.15, 0.2) is 11.6 Å². The lowest BCUT2D eigenvalue weighted by molar-refractivity contribution is 0.0717. The molecule has 0 atom stereocenters. The molecule has 0 spiro atoms. The molecule has 0 radical (unpaired) electrons. The Balaban J connectivity index is 1.47. The summed E-state index contributed by atoms with van der Waals surface area (Å²) in [4.78, 5) is 32.4. The van der Waals surface area contributed by atoms with Crippen molar-refractivity contribution in [3.05, 3.63) is 28.9 Å². The van der Waals surface area contributed by atoms with Gasteiger partial charge >= 0.3 is 0 Å². The van der Waals surface area contributed by atoms with Crippen LogP contribution in [0.5, 0.6) is 0 Å². The lowest BCUT2D eigenvalue weighted by atomic mass is 9.97. The third-order valence-electron chi connectivity index (χ3n) is 6.28. The van der Waals surface area contributed by atoms with Crippen molar-refractivity contribution in [1.82, 2.24) is 19.8 Å². The minimum absolute atomic E-state index is 0.0109. The molecular weight excluding hydrogens is 352 g/mol. The van der Waals surface area contributed by atoms with Crippen LogP contribution in [-0.4, -0.2) is 45.9 Å². The average Bonchev–Trinajstić information content (AvgIpc) is 3.14. The fourth-order valence-electron chi connectivity index (χ4n) is 4.68. The Morgan fingerprint density at radius 2 is 1.75 bits per heavy atom. The summed E-state index contributed by atoms with van der Waals surface area (Å²) < 4.78 is 2.00. The monoisotopic (exact) mass is 384 g/mol. The van der Waals surface area contributed by atoms with Crippen LogP contribution in [0.3, 0.4) is 0 Å². The molecule has 0 unspecified atom stereocenters. The molecule has 3 aliphatic rings. The van der Waals surface area contributed by atoms with Crippen LogP contribution < -0.4 is 5.32 Å². The van der Waals surface area contributed by atoms with Gasteiger partial charge in [-0.1, -0.05) is 11.6 Å². The van der Waals surface area contributed by atoms with E-state index in [0.29, 0.717) is 18.1 Å². The minimum atomic E-state index is -0.141. The summed E-state index contributed by atoms with van der Waals surface area (Å²) in [7, 11) is 0. The van der Waals surface area contributed by atoms with Crippen LogP contribution in [0.25, 0.3) is 0 Å². The van der Waals surface area contributed by atoms with E-state index in [9.17, 15) is 9.59 Å². The Labute approximate surface area is 167 Å². The molecule has 6 nitrogen and oxygen atoms in total. The van der Waals surface area contributed by atoms with Crippen molar-refractivity contribution in [1.29, 1.82) is 0 Å². The molecule has 0 bridgehead atoms. The van der Waals surface area contributed by atoms with Crippen LogP contribution in [0.1, 0.15) is 91.0 Å². The molecule has 4 rings (SSSR count). The number of likely N-dealkylation sites (tertiary alicyclic amines) is 1. The fourth-order valence-corrected chi connectivity index (χ4v) is 4.68. The lowest BCUT2D eigenvalue weighted by Gasteiger charge is -2.26. The lowest BCUT2D eigenvalue weighted by Crippen LogP contribution is -2.36. The van der Waals surface area contributed by atoms with Gasteiger partial charge in [-0.25, -0.2) is 4.98 Å². The molecule has 6 heteroatoms. The van der Waals surface area contributed by atoms with Gasteiger partial charge < -0.3 is 14.8 Å². The van der Waals surface area contributed by atoms with Crippen molar-refractivity contribution in [3.8, 4) is 0 Å². The maximum Gasteiger partial charge on any atom is 0.287 e. The van der Waals surface area contributed by atoms with Gasteiger partial charge in [-0.15, -0.1) is 0 Å². The van der Waals surface area contributed by atoms with Gasteiger partial charge in [0, 0.05) is 26.2 Å². The van der Waals surface area contributed by atoms with E-state index in [2.05, 4.69) is 16.4 Å². The van der Waals surface area contributed by atoms with Crippen LogP contribution in [0.2, 0.25) is 0 Å². The number of imidazole rings is 1. The number of hydrogen-bond donors (Lipinski definition) is 1. The average molecular weight is 385 g/mol. The van der Waals surface area contributed by atoms with E-state index in [1.54, 1.807) is 0 Å². The van der Waals surface area contributed by atoms with Gasteiger partial charge in [0.05, 0.1) is 5.69 Å². The van der Waals surface area contributed by atoms with Crippen molar-refractivity contribution >= 4 is 11.8 Å². The number of nitrogens with zero attached hydrogens (tertiary/aromatic N) is 3. The highest BCUT2D eigenvalue weighted by molar-refractivity contribution is 5.97. The van der Waals surface area contributed by atoms with Crippen LogP contribution >= 0.6 is 0 Å². The molecule has 1 aromatic rings. The molecule has 2 amide bonds. The molecule has 1 aromatic heterocycles. The predicted molar refractivity (Wildman–Crippen MR) is 108 cm³/mol. The summed E-state index contributed by atoms with van der Waals surface area (Å²) in [5, 5.41) is 3.04. The quantitative estimate of drug-likeness (QED) is 0.791. The van der Waals surface area contributed by atoms with E-state index >= 15 is 0 Å². The predicted octanol–water partition coefficient (Wildman–Crippen LogP) is 3.47. The number of rotatable bonds is 5. The van der Waals surface area contributed by atoms with Gasteiger partial charge in [0.15, 0.2) is 5.82 Å². The SMILES string of the molecule is O=C(NCCC1=CCCCC1)c1nc(C(=O)N2CCCCC2)c2n1CCCC2.